The number of piperidine rings is 1. The van der Waals surface area contributed by atoms with Crippen molar-refractivity contribution in [1.82, 2.24) is 15.6 Å². The number of halogens is 1. The third-order valence-corrected chi connectivity index (χ3v) is 5.88. The van der Waals surface area contributed by atoms with E-state index < -0.39 is 0 Å². The van der Waals surface area contributed by atoms with E-state index in [1.807, 2.05) is 30.5 Å². The zero-order valence-electron chi connectivity index (χ0n) is 18.6. The molecule has 1 unspecified atom stereocenters. The number of anilines is 2. The number of amides is 1. The highest BCUT2D eigenvalue weighted by molar-refractivity contribution is 14.0. The number of guanidine groups is 1. The van der Waals surface area contributed by atoms with Gasteiger partial charge in [-0.15, -0.1) is 24.0 Å². The number of benzene rings is 1. The van der Waals surface area contributed by atoms with Gasteiger partial charge in [0.2, 0.25) is 5.91 Å². The first kappa shape index (κ1) is 24.3. The number of para-hydroxylation sites is 1. The van der Waals surface area contributed by atoms with E-state index in [-0.39, 0.29) is 35.8 Å². The molecule has 2 aliphatic heterocycles. The Kier molecular flexibility index (Phi) is 9.13. The first-order chi connectivity index (χ1) is 15.2. The fraction of sp³-hybridized carbons (Fsp3) is 0.458. The van der Waals surface area contributed by atoms with Crippen LogP contribution >= 0.6 is 24.0 Å². The van der Waals surface area contributed by atoms with Crippen molar-refractivity contribution < 1.29 is 4.79 Å². The Labute approximate surface area is 207 Å². The molecular weight excluding hydrogens is 515 g/mol. The highest BCUT2D eigenvalue weighted by atomic mass is 127. The number of nitrogens with zero attached hydrogens (tertiary/aromatic N) is 3. The van der Waals surface area contributed by atoms with Gasteiger partial charge in [-0.25, -0.2) is 9.98 Å². The molecule has 1 amide bonds. The molecule has 0 radical (unpaired) electrons. The first-order valence-corrected chi connectivity index (χ1v) is 11.3. The summed E-state index contributed by atoms with van der Waals surface area (Å²) in [5.74, 6) is 2.01. The molecule has 0 bridgehead atoms. The maximum absolute atomic E-state index is 12.1. The molecule has 4 rings (SSSR count). The quantitative estimate of drug-likeness (QED) is 0.290. The Morgan fingerprint density at radius 3 is 2.81 bits per heavy atom. The summed E-state index contributed by atoms with van der Waals surface area (Å²) in [4.78, 5) is 23.8. The maximum atomic E-state index is 12.1. The molecule has 1 aromatic heterocycles. The Morgan fingerprint density at radius 1 is 1.19 bits per heavy atom. The van der Waals surface area contributed by atoms with Crippen LogP contribution in [0.2, 0.25) is 0 Å². The molecule has 1 fully saturated rings. The van der Waals surface area contributed by atoms with Crippen LogP contribution in [0.4, 0.5) is 11.5 Å². The molecule has 172 valence electrons. The third kappa shape index (κ3) is 6.34. The topological polar surface area (TPSA) is 81.7 Å². The Hall–Kier alpha value is -2.36. The van der Waals surface area contributed by atoms with Gasteiger partial charge in [0.1, 0.15) is 5.82 Å². The van der Waals surface area contributed by atoms with Crippen LogP contribution in [0.25, 0.3) is 0 Å². The fourth-order valence-corrected chi connectivity index (χ4v) is 4.27. The van der Waals surface area contributed by atoms with Gasteiger partial charge in [-0.3, -0.25) is 4.79 Å². The second-order valence-electron chi connectivity index (χ2n) is 8.18. The van der Waals surface area contributed by atoms with Crippen LogP contribution in [-0.4, -0.2) is 43.0 Å². The summed E-state index contributed by atoms with van der Waals surface area (Å²) >= 11 is 0. The molecule has 2 aliphatic rings. The van der Waals surface area contributed by atoms with E-state index in [9.17, 15) is 4.79 Å². The van der Waals surface area contributed by atoms with Crippen LogP contribution in [0, 0.1) is 0 Å². The van der Waals surface area contributed by atoms with Gasteiger partial charge in [-0.05, 0) is 55.5 Å². The van der Waals surface area contributed by atoms with Gasteiger partial charge in [-0.1, -0.05) is 18.2 Å². The fourth-order valence-electron chi connectivity index (χ4n) is 4.27. The molecule has 8 heteroatoms. The van der Waals surface area contributed by atoms with E-state index in [4.69, 9.17) is 4.99 Å². The summed E-state index contributed by atoms with van der Waals surface area (Å²) in [7, 11) is 0. The summed E-state index contributed by atoms with van der Waals surface area (Å²) in [5.41, 5.74) is 3.23. The lowest BCUT2D eigenvalue weighted by Gasteiger charge is -2.27. The molecule has 0 spiro atoms. The number of nitrogens with one attached hydrogen (secondary N) is 3. The van der Waals surface area contributed by atoms with E-state index in [0.717, 1.165) is 42.7 Å². The predicted molar refractivity (Wildman–Crippen MR) is 141 cm³/mol. The van der Waals surface area contributed by atoms with Gasteiger partial charge < -0.3 is 20.9 Å². The molecule has 7 nitrogen and oxygen atoms in total. The number of pyridine rings is 1. The van der Waals surface area contributed by atoms with Crippen molar-refractivity contribution in [3.63, 3.8) is 0 Å². The average molecular weight is 548 g/mol. The van der Waals surface area contributed by atoms with Crippen LogP contribution in [0.15, 0.2) is 47.6 Å². The van der Waals surface area contributed by atoms with Crippen LogP contribution in [0.1, 0.15) is 49.7 Å². The minimum atomic E-state index is 0. The molecule has 3 heterocycles. The van der Waals surface area contributed by atoms with Crippen molar-refractivity contribution in [1.29, 1.82) is 0 Å². The molecule has 1 aromatic carbocycles. The van der Waals surface area contributed by atoms with Gasteiger partial charge in [-0.2, -0.15) is 0 Å². The highest BCUT2D eigenvalue weighted by Crippen LogP contribution is 2.31. The largest absolute Gasteiger partial charge is 0.357 e. The minimum Gasteiger partial charge on any atom is -0.357 e. The molecule has 1 saturated heterocycles. The number of rotatable bonds is 6. The predicted octanol–water partition coefficient (Wildman–Crippen LogP) is 3.87. The molecule has 1 atom stereocenters. The van der Waals surface area contributed by atoms with Crippen molar-refractivity contribution >= 4 is 47.3 Å². The monoisotopic (exact) mass is 548 g/mol. The van der Waals surface area contributed by atoms with Crippen LogP contribution in [-0.2, 0) is 11.3 Å². The molecular formula is C24H33IN6O. The van der Waals surface area contributed by atoms with Gasteiger partial charge in [0.25, 0.3) is 0 Å². The van der Waals surface area contributed by atoms with E-state index in [1.165, 1.54) is 24.8 Å². The number of hydrogen-bond donors (Lipinski definition) is 3. The number of hydrogen-bond acceptors (Lipinski definition) is 4. The van der Waals surface area contributed by atoms with E-state index in [0.29, 0.717) is 19.5 Å². The second kappa shape index (κ2) is 12.0. The van der Waals surface area contributed by atoms with Crippen LogP contribution in [0.3, 0.4) is 0 Å². The van der Waals surface area contributed by atoms with Crippen LogP contribution < -0.4 is 20.9 Å². The molecule has 32 heavy (non-hydrogen) atoms. The standard InChI is InChI=1S/C24H32N6O.HI/c1-2-25-24(28-17-19-15-23(31)29-21-9-5-4-8-20(19)21)27-16-18-10-11-26-22(14-18)30-12-6-3-7-13-30;/h4-5,8-11,14,19H,2-3,6-7,12-13,15-17H2,1H3,(H,29,31)(H2,25,27,28);1H. The zero-order valence-corrected chi connectivity index (χ0v) is 21.0. The van der Waals surface area contributed by atoms with Crippen molar-refractivity contribution in [2.45, 2.75) is 45.1 Å². The summed E-state index contributed by atoms with van der Waals surface area (Å²) in [6.07, 6.45) is 6.15. The van der Waals surface area contributed by atoms with E-state index in [1.54, 1.807) is 0 Å². The Morgan fingerprint density at radius 2 is 2.00 bits per heavy atom. The normalized spacial score (nSPS) is 18.3. The summed E-state index contributed by atoms with van der Waals surface area (Å²) in [6, 6.07) is 12.2. The second-order valence-corrected chi connectivity index (χ2v) is 8.18. The lowest BCUT2D eigenvalue weighted by atomic mass is 9.90. The zero-order chi connectivity index (χ0) is 21.5. The molecule has 0 saturated carbocycles. The van der Waals surface area contributed by atoms with Gasteiger partial charge in [0, 0.05) is 50.4 Å². The van der Waals surface area contributed by atoms with Crippen molar-refractivity contribution in [2.75, 3.05) is 36.4 Å². The number of fused-ring (bicyclic) bond motifs is 1. The lowest BCUT2D eigenvalue weighted by Crippen LogP contribution is -2.40. The number of aliphatic imine (C=N–C) groups is 1. The minimum absolute atomic E-state index is 0. The summed E-state index contributed by atoms with van der Waals surface area (Å²) in [5, 5.41) is 9.71. The lowest BCUT2D eigenvalue weighted by molar-refractivity contribution is -0.116. The average Bonchev–Trinajstić information content (AvgIpc) is 2.81. The van der Waals surface area contributed by atoms with Crippen molar-refractivity contribution in [3.8, 4) is 0 Å². The number of aromatic nitrogens is 1. The van der Waals surface area contributed by atoms with Gasteiger partial charge >= 0.3 is 0 Å². The van der Waals surface area contributed by atoms with Gasteiger partial charge in [0.15, 0.2) is 5.96 Å². The molecule has 3 N–H and O–H groups in total. The summed E-state index contributed by atoms with van der Waals surface area (Å²) in [6.45, 7) is 6.25. The van der Waals surface area contributed by atoms with E-state index >= 15 is 0 Å². The SMILES string of the molecule is CCNC(=NCc1ccnc(N2CCCCC2)c1)NCC1CC(=O)Nc2ccccc21.I. The highest BCUT2D eigenvalue weighted by Gasteiger charge is 2.24. The third-order valence-electron chi connectivity index (χ3n) is 5.88. The van der Waals surface area contributed by atoms with Crippen molar-refractivity contribution in [3.05, 3.63) is 53.7 Å². The van der Waals surface area contributed by atoms with E-state index in [2.05, 4.69) is 44.9 Å². The smallest absolute Gasteiger partial charge is 0.225 e. The first-order valence-electron chi connectivity index (χ1n) is 11.3. The number of carbonyl (C=O) groups is 1. The molecule has 2 aromatic rings. The Bertz CT molecular complexity index is 928. The van der Waals surface area contributed by atoms with Crippen molar-refractivity contribution in [2.24, 2.45) is 4.99 Å². The maximum Gasteiger partial charge on any atom is 0.225 e. The summed E-state index contributed by atoms with van der Waals surface area (Å²) < 4.78 is 0. The number of carbonyl (C=O) groups excluding carboxylic acids is 1. The van der Waals surface area contributed by atoms with Gasteiger partial charge in [0.05, 0.1) is 6.54 Å². The molecule has 0 aliphatic carbocycles. The Balaban J connectivity index is 0.00000289. The van der Waals surface area contributed by atoms with Crippen LogP contribution in [0.5, 0.6) is 0 Å².